The Labute approximate surface area is 107 Å². The SMILES string of the molecule is CC(NC(C)C1CC1)c1cc2ccccc2s1. The number of benzene rings is 1. The molecule has 1 aliphatic carbocycles. The van der Waals surface area contributed by atoms with Crippen molar-refractivity contribution in [3.05, 3.63) is 35.2 Å². The Morgan fingerprint density at radius 2 is 2.00 bits per heavy atom. The van der Waals surface area contributed by atoms with Gasteiger partial charge in [-0.25, -0.2) is 0 Å². The van der Waals surface area contributed by atoms with Crippen LogP contribution in [0, 0.1) is 5.92 Å². The minimum atomic E-state index is 0.475. The number of hydrogen-bond donors (Lipinski definition) is 1. The van der Waals surface area contributed by atoms with Gasteiger partial charge in [-0.2, -0.15) is 0 Å². The van der Waals surface area contributed by atoms with Crippen molar-refractivity contribution < 1.29 is 0 Å². The first-order chi connectivity index (χ1) is 8.24. The topological polar surface area (TPSA) is 12.0 Å². The highest BCUT2D eigenvalue weighted by Crippen LogP contribution is 2.35. The molecule has 0 amide bonds. The Hall–Kier alpha value is -0.860. The van der Waals surface area contributed by atoms with Crippen LogP contribution in [0.25, 0.3) is 10.1 Å². The molecule has 90 valence electrons. The summed E-state index contributed by atoms with van der Waals surface area (Å²) in [6, 6.07) is 12.1. The maximum Gasteiger partial charge on any atom is 0.0388 e. The fourth-order valence-electron chi connectivity index (χ4n) is 2.42. The summed E-state index contributed by atoms with van der Waals surface area (Å²) in [5.74, 6) is 0.923. The van der Waals surface area contributed by atoms with Gasteiger partial charge in [0.1, 0.15) is 0 Å². The first kappa shape index (κ1) is 11.2. The third-order valence-electron chi connectivity index (χ3n) is 3.71. The molecule has 2 heteroatoms. The first-order valence-electron chi connectivity index (χ1n) is 6.48. The van der Waals surface area contributed by atoms with E-state index in [1.165, 1.54) is 27.8 Å². The Morgan fingerprint density at radius 3 is 2.71 bits per heavy atom. The molecule has 2 unspecified atom stereocenters. The molecule has 1 fully saturated rings. The van der Waals surface area contributed by atoms with Crippen molar-refractivity contribution >= 4 is 21.4 Å². The summed E-state index contributed by atoms with van der Waals surface area (Å²) in [7, 11) is 0. The average Bonchev–Trinajstić information content (AvgIpc) is 3.08. The molecular formula is C15H19NS. The van der Waals surface area contributed by atoms with Crippen LogP contribution in [0.15, 0.2) is 30.3 Å². The molecule has 0 radical (unpaired) electrons. The van der Waals surface area contributed by atoms with E-state index in [0.29, 0.717) is 12.1 Å². The number of nitrogens with one attached hydrogen (secondary N) is 1. The highest BCUT2D eigenvalue weighted by molar-refractivity contribution is 7.19. The number of fused-ring (bicyclic) bond motifs is 1. The summed E-state index contributed by atoms with van der Waals surface area (Å²) in [4.78, 5) is 1.46. The van der Waals surface area contributed by atoms with Crippen LogP contribution in [0.5, 0.6) is 0 Å². The number of thiophene rings is 1. The molecule has 17 heavy (non-hydrogen) atoms. The summed E-state index contributed by atoms with van der Waals surface area (Å²) in [5, 5.41) is 5.10. The number of rotatable bonds is 4. The minimum absolute atomic E-state index is 0.475. The van der Waals surface area contributed by atoms with Crippen molar-refractivity contribution in [1.29, 1.82) is 0 Å². The van der Waals surface area contributed by atoms with Gasteiger partial charge in [0.15, 0.2) is 0 Å². The van der Waals surface area contributed by atoms with E-state index in [2.05, 4.69) is 49.5 Å². The van der Waals surface area contributed by atoms with E-state index >= 15 is 0 Å². The van der Waals surface area contributed by atoms with E-state index in [0.717, 1.165) is 5.92 Å². The van der Waals surface area contributed by atoms with Gasteiger partial charge in [0.2, 0.25) is 0 Å². The predicted molar refractivity (Wildman–Crippen MR) is 75.6 cm³/mol. The van der Waals surface area contributed by atoms with Crippen molar-refractivity contribution in [2.24, 2.45) is 5.92 Å². The van der Waals surface area contributed by atoms with Crippen LogP contribution >= 0.6 is 11.3 Å². The fraction of sp³-hybridized carbons (Fsp3) is 0.467. The zero-order valence-electron chi connectivity index (χ0n) is 10.4. The van der Waals surface area contributed by atoms with Crippen LogP contribution in [-0.4, -0.2) is 6.04 Å². The van der Waals surface area contributed by atoms with Gasteiger partial charge in [-0.05, 0) is 50.1 Å². The molecule has 3 rings (SSSR count). The zero-order valence-corrected chi connectivity index (χ0v) is 11.3. The molecule has 1 saturated carbocycles. The van der Waals surface area contributed by atoms with Gasteiger partial charge in [-0.3, -0.25) is 0 Å². The Morgan fingerprint density at radius 1 is 1.24 bits per heavy atom. The third-order valence-corrected chi connectivity index (χ3v) is 5.01. The molecule has 0 spiro atoms. The molecule has 1 N–H and O–H groups in total. The van der Waals surface area contributed by atoms with Crippen LogP contribution < -0.4 is 5.32 Å². The highest BCUT2D eigenvalue weighted by atomic mass is 32.1. The number of hydrogen-bond acceptors (Lipinski definition) is 2. The lowest BCUT2D eigenvalue weighted by Crippen LogP contribution is -2.30. The van der Waals surface area contributed by atoms with E-state index in [9.17, 15) is 0 Å². The summed E-state index contributed by atoms with van der Waals surface area (Å²) in [5.41, 5.74) is 0. The van der Waals surface area contributed by atoms with Gasteiger partial charge in [0.05, 0.1) is 0 Å². The molecule has 1 nitrogen and oxygen atoms in total. The van der Waals surface area contributed by atoms with Crippen molar-refractivity contribution in [2.75, 3.05) is 0 Å². The molecule has 0 saturated heterocycles. The molecule has 2 atom stereocenters. The van der Waals surface area contributed by atoms with Crippen LogP contribution in [0.1, 0.15) is 37.6 Å². The Bertz CT molecular complexity index is 479. The molecule has 1 aromatic heterocycles. The van der Waals surface area contributed by atoms with Gasteiger partial charge < -0.3 is 5.32 Å². The molecule has 1 aliphatic rings. The van der Waals surface area contributed by atoms with Gasteiger partial charge in [0, 0.05) is 21.7 Å². The van der Waals surface area contributed by atoms with Crippen LogP contribution in [0.3, 0.4) is 0 Å². The Kier molecular flexibility index (Phi) is 2.93. The van der Waals surface area contributed by atoms with Crippen molar-refractivity contribution in [1.82, 2.24) is 5.32 Å². The van der Waals surface area contributed by atoms with Gasteiger partial charge in [-0.1, -0.05) is 18.2 Å². The maximum atomic E-state index is 3.73. The predicted octanol–water partition coefficient (Wildman–Crippen LogP) is 4.35. The molecular weight excluding hydrogens is 226 g/mol. The summed E-state index contributed by atoms with van der Waals surface area (Å²) in [6.07, 6.45) is 2.82. The fourth-order valence-corrected chi connectivity index (χ4v) is 3.50. The monoisotopic (exact) mass is 245 g/mol. The van der Waals surface area contributed by atoms with Crippen molar-refractivity contribution in [2.45, 2.75) is 38.8 Å². The standard InChI is InChI=1S/C15H19NS/c1-10(12-7-8-12)16-11(2)15-9-13-5-3-4-6-14(13)17-15/h3-6,9-12,16H,7-8H2,1-2H3. The van der Waals surface area contributed by atoms with E-state index in [1.54, 1.807) is 0 Å². The normalized spacial score (nSPS) is 19.4. The lowest BCUT2D eigenvalue weighted by atomic mass is 10.1. The van der Waals surface area contributed by atoms with Crippen LogP contribution in [-0.2, 0) is 0 Å². The van der Waals surface area contributed by atoms with Crippen molar-refractivity contribution in [3.8, 4) is 0 Å². The van der Waals surface area contributed by atoms with Gasteiger partial charge >= 0.3 is 0 Å². The third kappa shape index (κ3) is 2.38. The molecule has 1 aromatic carbocycles. The van der Waals surface area contributed by atoms with E-state index in [4.69, 9.17) is 0 Å². The van der Waals surface area contributed by atoms with E-state index in [1.807, 2.05) is 11.3 Å². The van der Waals surface area contributed by atoms with Gasteiger partial charge in [-0.15, -0.1) is 11.3 Å². The molecule has 2 aromatic rings. The molecule has 0 aliphatic heterocycles. The quantitative estimate of drug-likeness (QED) is 0.844. The highest BCUT2D eigenvalue weighted by Gasteiger charge is 2.28. The lowest BCUT2D eigenvalue weighted by molar-refractivity contribution is 0.445. The van der Waals surface area contributed by atoms with Crippen molar-refractivity contribution in [3.63, 3.8) is 0 Å². The van der Waals surface area contributed by atoms with E-state index in [-0.39, 0.29) is 0 Å². The maximum absolute atomic E-state index is 3.73. The van der Waals surface area contributed by atoms with Crippen LogP contribution in [0.2, 0.25) is 0 Å². The second kappa shape index (κ2) is 4.43. The second-order valence-corrected chi connectivity index (χ2v) is 6.32. The second-order valence-electron chi connectivity index (χ2n) is 5.20. The summed E-state index contributed by atoms with van der Waals surface area (Å²) in [6.45, 7) is 4.60. The largest absolute Gasteiger partial charge is 0.307 e. The summed E-state index contributed by atoms with van der Waals surface area (Å²) >= 11 is 1.92. The first-order valence-corrected chi connectivity index (χ1v) is 7.30. The minimum Gasteiger partial charge on any atom is -0.307 e. The molecule has 0 bridgehead atoms. The Balaban J connectivity index is 1.77. The van der Waals surface area contributed by atoms with Crippen LogP contribution in [0.4, 0.5) is 0 Å². The van der Waals surface area contributed by atoms with Gasteiger partial charge in [0.25, 0.3) is 0 Å². The molecule has 1 heterocycles. The van der Waals surface area contributed by atoms with E-state index < -0.39 is 0 Å². The average molecular weight is 245 g/mol. The zero-order chi connectivity index (χ0) is 11.8. The lowest BCUT2D eigenvalue weighted by Gasteiger charge is -2.18. The summed E-state index contributed by atoms with van der Waals surface area (Å²) < 4.78 is 1.40. The smallest absolute Gasteiger partial charge is 0.0388 e.